The quantitative estimate of drug-likeness (QED) is 0.0888. The van der Waals surface area contributed by atoms with Gasteiger partial charge in [-0.25, -0.2) is 0 Å². The van der Waals surface area contributed by atoms with Gasteiger partial charge in [0.15, 0.2) is 0 Å². The van der Waals surface area contributed by atoms with Gasteiger partial charge in [-0.15, -0.1) is 0 Å². The van der Waals surface area contributed by atoms with Crippen molar-refractivity contribution in [3.8, 4) is 0 Å². The lowest BCUT2D eigenvalue weighted by atomic mass is 10.0. The third-order valence-electron chi connectivity index (χ3n) is 6.92. The van der Waals surface area contributed by atoms with E-state index in [0.29, 0.717) is 13.0 Å². The molecule has 2 heteroatoms. The zero-order chi connectivity index (χ0) is 24.2. The van der Waals surface area contributed by atoms with Gasteiger partial charge in [0.25, 0.3) is 0 Å². The summed E-state index contributed by atoms with van der Waals surface area (Å²) < 4.78 is 5.40. The van der Waals surface area contributed by atoms with Crippen LogP contribution < -0.4 is 0 Å². The molecule has 0 aromatic carbocycles. The van der Waals surface area contributed by atoms with Gasteiger partial charge in [-0.3, -0.25) is 4.79 Å². The average molecular weight is 467 g/mol. The van der Waals surface area contributed by atoms with Crippen molar-refractivity contribution < 1.29 is 9.53 Å². The Kier molecular flexibility index (Phi) is 27.3. The van der Waals surface area contributed by atoms with E-state index in [0.717, 1.165) is 18.8 Å². The zero-order valence-electron chi connectivity index (χ0n) is 23.3. The molecule has 0 amide bonds. The van der Waals surface area contributed by atoms with Gasteiger partial charge < -0.3 is 4.74 Å². The number of rotatable bonds is 27. The molecule has 0 saturated carbocycles. The van der Waals surface area contributed by atoms with Crippen LogP contribution in [-0.2, 0) is 9.53 Å². The molecule has 0 aliphatic carbocycles. The van der Waals surface area contributed by atoms with E-state index in [-0.39, 0.29) is 5.97 Å². The van der Waals surface area contributed by atoms with Gasteiger partial charge in [0.2, 0.25) is 0 Å². The molecule has 2 nitrogen and oxygen atoms in total. The van der Waals surface area contributed by atoms with Gasteiger partial charge >= 0.3 is 5.97 Å². The monoisotopic (exact) mass is 466 g/mol. The number of unbranched alkanes of at least 4 members (excludes halogenated alkanes) is 21. The molecule has 0 bridgehead atoms. The van der Waals surface area contributed by atoms with Crippen molar-refractivity contribution in [2.24, 2.45) is 5.92 Å². The fourth-order valence-electron chi connectivity index (χ4n) is 4.61. The minimum absolute atomic E-state index is 0.0236. The van der Waals surface area contributed by atoms with Gasteiger partial charge in [0, 0.05) is 6.42 Å². The lowest BCUT2D eigenvalue weighted by Gasteiger charge is -2.06. The third kappa shape index (κ3) is 29.4. The molecule has 0 fully saturated rings. The summed E-state index contributed by atoms with van der Waals surface area (Å²) >= 11 is 0. The number of ether oxygens (including phenoxy) is 1. The Balaban J connectivity index is 3.15. The second-order valence-electron chi connectivity index (χ2n) is 10.9. The summed E-state index contributed by atoms with van der Waals surface area (Å²) in [5.74, 6) is 0.894. The van der Waals surface area contributed by atoms with Crippen LogP contribution in [0.1, 0.15) is 181 Å². The standard InChI is InChI=1S/C31H62O2/c1-4-5-6-7-8-9-14-17-20-23-26-29-33-31(32)28-25-22-19-16-13-11-10-12-15-18-21-24-27-30(2)3/h30H,4-29H2,1-3H3. The number of hydrogen-bond donors (Lipinski definition) is 0. The predicted molar refractivity (Wildman–Crippen MR) is 147 cm³/mol. The first kappa shape index (κ1) is 32.5. The van der Waals surface area contributed by atoms with Crippen molar-refractivity contribution in [3.05, 3.63) is 0 Å². The molecule has 198 valence electrons. The Morgan fingerprint density at radius 1 is 0.515 bits per heavy atom. The molecule has 0 N–H and O–H groups in total. The van der Waals surface area contributed by atoms with Crippen molar-refractivity contribution in [1.29, 1.82) is 0 Å². The lowest BCUT2D eigenvalue weighted by molar-refractivity contribution is -0.143. The minimum atomic E-state index is 0.0236. The minimum Gasteiger partial charge on any atom is -0.466 e. The maximum absolute atomic E-state index is 11.8. The summed E-state index contributed by atoms with van der Waals surface area (Å²) in [6, 6.07) is 0. The first-order chi connectivity index (χ1) is 16.2. The van der Waals surface area contributed by atoms with Crippen LogP contribution in [-0.4, -0.2) is 12.6 Å². The molecular formula is C31H62O2. The summed E-state index contributed by atoms with van der Waals surface area (Å²) in [7, 11) is 0. The zero-order valence-corrected chi connectivity index (χ0v) is 23.3. The Bertz CT molecular complexity index is 377. The van der Waals surface area contributed by atoms with Gasteiger partial charge in [-0.1, -0.05) is 162 Å². The number of esters is 1. The van der Waals surface area contributed by atoms with E-state index in [2.05, 4.69) is 20.8 Å². The number of carbonyl (C=O) groups is 1. The molecule has 0 atom stereocenters. The Morgan fingerprint density at radius 3 is 1.30 bits per heavy atom. The van der Waals surface area contributed by atoms with E-state index >= 15 is 0 Å². The lowest BCUT2D eigenvalue weighted by Crippen LogP contribution is -2.05. The predicted octanol–water partition coefficient (Wildman–Crippen LogP) is 11.0. The first-order valence-electron chi connectivity index (χ1n) is 15.3. The summed E-state index contributed by atoms with van der Waals surface area (Å²) in [6.07, 6.45) is 32.8. The molecular weight excluding hydrogens is 404 g/mol. The van der Waals surface area contributed by atoms with Gasteiger partial charge in [-0.05, 0) is 18.8 Å². The van der Waals surface area contributed by atoms with E-state index in [4.69, 9.17) is 4.74 Å². The highest BCUT2D eigenvalue weighted by molar-refractivity contribution is 5.69. The van der Waals surface area contributed by atoms with Crippen LogP contribution in [0, 0.1) is 5.92 Å². The molecule has 0 aliphatic heterocycles. The van der Waals surface area contributed by atoms with Gasteiger partial charge in [-0.2, -0.15) is 0 Å². The first-order valence-corrected chi connectivity index (χ1v) is 15.3. The van der Waals surface area contributed by atoms with Crippen LogP contribution >= 0.6 is 0 Å². The van der Waals surface area contributed by atoms with Crippen molar-refractivity contribution in [3.63, 3.8) is 0 Å². The average Bonchev–Trinajstić information content (AvgIpc) is 2.79. The summed E-state index contributed by atoms with van der Waals surface area (Å²) in [6.45, 7) is 7.56. The maximum Gasteiger partial charge on any atom is 0.305 e. The van der Waals surface area contributed by atoms with E-state index in [1.54, 1.807) is 0 Å². The van der Waals surface area contributed by atoms with Crippen LogP contribution in [0.3, 0.4) is 0 Å². The van der Waals surface area contributed by atoms with Crippen molar-refractivity contribution in [2.45, 2.75) is 181 Å². The molecule has 0 aliphatic rings. The summed E-state index contributed by atoms with van der Waals surface area (Å²) in [4.78, 5) is 11.8. The fraction of sp³-hybridized carbons (Fsp3) is 0.968. The van der Waals surface area contributed by atoms with E-state index in [1.807, 2.05) is 0 Å². The maximum atomic E-state index is 11.8. The number of hydrogen-bond acceptors (Lipinski definition) is 2. The van der Waals surface area contributed by atoms with Gasteiger partial charge in [0.05, 0.1) is 6.61 Å². The van der Waals surface area contributed by atoms with Crippen LogP contribution in [0.5, 0.6) is 0 Å². The summed E-state index contributed by atoms with van der Waals surface area (Å²) in [5, 5.41) is 0. The van der Waals surface area contributed by atoms with Crippen LogP contribution in [0.15, 0.2) is 0 Å². The number of carbonyl (C=O) groups excluding carboxylic acids is 1. The molecule has 0 rings (SSSR count). The van der Waals surface area contributed by atoms with E-state index < -0.39 is 0 Å². The topological polar surface area (TPSA) is 26.3 Å². The second-order valence-corrected chi connectivity index (χ2v) is 10.9. The molecule has 0 aromatic heterocycles. The summed E-state index contributed by atoms with van der Waals surface area (Å²) in [5.41, 5.74) is 0. The Labute approximate surface area is 209 Å². The van der Waals surface area contributed by atoms with E-state index in [1.165, 1.54) is 141 Å². The SMILES string of the molecule is CCCCCCCCCCCCCOC(=O)CCCCCCCCCCCCCCC(C)C. The highest BCUT2D eigenvalue weighted by Crippen LogP contribution is 2.15. The van der Waals surface area contributed by atoms with Crippen LogP contribution in [0.25, 0.3) is 0 Å². The van der Waals surface area contributed by atoms with Crippen LogP contribution in [0.4, 0.5) is 0 Å². The molecule has 0 saturated heterocycles. The van der Waals surface area contributed by atoms with Crippen molar-refractivity contribution >= 4 is 5.97 Å². The Hall–Kier alpha value is -0.530. The smallest absolute Gasteiger partial charge is 0.305 e. The van der Waals surface area contributed by atoms with E-state index in [9.17, 15) is 4.79 Å². The molecule has 0 unspecified atom stereocenters. The third-order valence-corrected chi connectivity index (χ3v) is 6.92. The van der Waals surface area contributed by atoms with Gasteiger partial charge in [0.1, 0.15) is 0 Å². The fourth-order valence-corrected chi connectivity index (χ4v) is 4.61. The Morgan fingerprint density at radius 2 is 0.879 bits per heavy atom. The molecule has 0 aromatic rings. The van der Waals surface area contributed by atoms with Crippen LogP contribution in [0.2, 0.25) is 0 Å². The van der Waals surface area contributed by atoms with Crippen molar-refractivity contribution in [1.82, 2.24) is 0 Å². The van der Waals surface area contributed by atoms with Crippen molar-refractivity contribution in [2.75, 3.05) is 6.61 Å². The molecule has 0 heterocycles. The second kappa shape index (κ2) is 27.7. The molecule has 33 heavy (non-hydrogen) atoms. The largest absolute Gasteiger partial charge is 0.466 e. The highest BCUT2D eigenvalue weighted by Gasteiger charge is 2.02. The highest BCUT2D eigenvalue weighted by atomic mass is 16.5. The normalized spacial score (nSPS) is 11.4. The molecule has 0 radical (unpaired) electrons. The molecule has 0 spiro atoms.